The third-order valence-corrected chi connectivity index (χ3v) is 3.87. The van der Waals surface area contributed by atoms with E-state index in [9.17, 15) is 4.79 Å². The van der Waals surface area contributed by atoms with Crippen LogP contribution < -0.4 is 15.4 Å². The van der Waals surface area contributed by atoms with Crippen molar-refractivity contribution in [2.45, 2.75) is 19.5 Å². The van der Waals surface area contributed by atoms with Crippen LogP contribution in [0.3, 0.4) is 0 Å². The maximum absolute atomic E-state index is 12.0. The molecule has 0 spiro atoms. The molecule has 0 fully saturated rings. The Balaban J connectivity index is 1.63. The van der Waals surface area contributed by atoms with Crippen LogP contribution in [0.25, 0.3) is 11.0 Å². The summed E-state index contributed by atoms with van der Waals surface area (Å²) in [7, 11) is 3.55. The van der Waals surface area contributed by atoms with Gasteiger partial charge in [-0.3, -0.25) is 0 Å². The lowest BCUT2D eigenvalue weighted by Gasteiger charge is -2.12. The molecule has 0 radical (unpaired) electrons. The van der Waals surface area contributed by atoms with Gasteiger partial charge in [0.2, 0.25) is 0 Å². The molecule has 0 saturated carbocycles. The van der Waals surface area contributed by atoms with Crippen molar-refractivity contribution in [1.29, 1.82) is 0 Å². The summed E-state index contributed by atoms with van der Waals surface area (Å²) in [6.45, 7) is 2.36. The van der Waals surface area contributed by atoms with E-state index in [0.29, 0.717) is 23.6 Å². The summed E-state index contributed by atoms with van der Waals surface area (Å²) < 4.78 is 13.1. The molecule has 3 aromatic rings. The first-order valence-corrected chi connectivity index (χ1v) is 7.78. The number of amides is 2. The minimum atomic E-state index is -0.252. The van der Waals surface area contributed by atoms with Crippen LogP contribution in [0, 0.1) is 0 Å². The average molecular weight is 327 g/mol. The largest absolute Gasteiger partial charge is 0.493 e. The number of benzene rings is 1. The molecule has 126 valence electrons. The lowest BCUT2D eigenvalue weighted by molar-refractivity contribution is 0.236. The van der Waals surface area contributed by atoms with Gasteiger partial charge in [0.25, 0.3) is 0 Å². The van der Waals surface area contributed by atoms with Gasteiger partial charge in [-0.25, -0.2) is 4.79 Å². The second-order valence-electron chi connectivity index (χ2n) is 5.76. The SMILES string of the molecule is COc1cccc2cc([C@@H](C)NC(=O)NCc3ccn(C)c3)oc12. The summed E-state index contributed by atoms with van der Waals surface area (Å²) in [5, 5.41) is 6.67. The number of hydrogen-bond acceptors (Lipinski definition) is 3. The molecule has 0 bridgehead atoms. The highest BCUT2D eigenvalue weighted by Crippen LogP contribution is 2.30. The number of urea groups is 1. The first-order chi connectivity index (χ1) is 11.6. The summed E-state index contributed by atoms with van der Waals surface area (Å²) in [6, 6.07) is 9.10. The Morgan fingerprint density at radius 1 is 1.38 bits per heavy atom. The van der Waals surface area contributed by atoms with Crippen LogP contribution in [0.5, 0.6) is 5.75 Å². The van der Waals surface area contributed by atoms with E-state index in [2.05, 4.69) is 10.6 Å². The van der Waals surface area contributed by atoms with Gasteiger partial charge < -0.3 is 24.4 Å². The maximum Gasteiger partial charge on any atom is 0.315 e. The lowest BCUT2D eigenvalue weighted by Crippen LogP contribution is -2.36. The number of nitrogens with zero attached hydrogens (tertiary/aromatic N) is 1. The molecule has 24 heavy (non-hydrogen) atoms. The number of para-hydroxylation sites is 1. The van der Waals surface area contributed by atoms with E-state index in [1.165, 1.54) is 0 Å². The van der Waals surface area contributed by atoms with E-state index in [1.54, 1.807) is 7.11 Å². The number of methoxy groups -OCH3 is 1. The first-order valence-electron chi connectivity index (χ1n) is 7.78. The fourth-order valence-corrected chi connectivity index (χ4v) is 2.60. The number of aryl methyl sites for hydroxylation is 1. The van der Waals surface area contributed by atoms with Gasteiger partial charge in [0.05, 0.1) is 13.2 Å². The monoisotopic (exact) mass is 327 g/mol. The van der Waals surface area contributed by atoms with E-state index < -0.39 is 0 Å². The van der Waals surface area contributed by atoms with Crippen molar-refractivity contribution >= 4 is 17.0 Å². The molecular weight excluding hydrogens is 306 g/mol. The molecule has 0 aliphatic rings. The quantitative estimate of drug-likeness (QED) is 0.755. The second-order valence-corrected chi connectivity index (χ2v) is 5.76. The summed E-state index contributed by atoms with van der Waals surface area (Å²) in [5.74, 6) is 1.36. The Bertz CT molecular complexity index is 850. The molecule has 1 atom stereocenters. The predicted molar refractivity (Wildman–Crippen MR) is 92.0 cm³/mol. The number of ether oxygens (including phenoxy) is 1. The Kier molecular flexibility index (Phi) is 4.46. The van der Waals surface area contributed by atoms with Crippen molar-refractivity contribution in [2.75, 3.05) is 7.11 Å². The summed E-state index contributed by atoms with van der Waals surface area (Å²) in [5.41, 5.74) is 1.74. The molecule has 0 saturated heterocycles. The number of fused-ring (bicyclic) bond motifs is 1. The summed E-state index contributed by atoms with van der Waals surface area (Å²) in [6.07, 6.45) is 3.91. The van der Waals surface area contributed by atoms with E-state index in [-0.39, 0.29) is 12.1 Å². The number of carbonyl (C=O) groups excluding carboxylic acids is 1. The Morgan fingerprint density at radius 2 is 2.21 bits per heavy atom. The molecule has 0 aliphatic heterocycles. The molecule has 2 aromatic heterocycles. The molecule has 2 amide bonds. The second kappa shape index (κ2) is 6.70. The van der Waals surface area contributed by atoms with Crippen LogP contribution in [0.2, 0.25) is 0 Å². The topological polar surface area (TPSA) is 68.4 Å². The lowest BCUT2D eigenvalue weighted by atomic mass is 10.2. The summed E-state index contributed by atoms with van der Waals surface area (Å²) >= 11 is 0. The highest BCUT2D eigenvalue weighted by molar-refractivity contribution is 5.84. The third kappa shape index (κ3) is 3.37. The van der Waals surface area contributed by atoms with Crippen LogP contribution in [0.15, 0.2) is 47.1 Å². The van der Waals surface area contributed by atoms with E-state index in [1.807, 2.05) is 61.3 Å². The number of furan rings is 1. The van der Waals surface area contributed by atoms with Crippen molar-refractivity contribution in [3.8, 4) is 5.75 Å². The van der Waals surface area contributed by atoms with Crippen molar-refractivity contribution in [3.63, 3.8) is 0 Å². The van der Waals surface area contributed by atoms with Gasteiger partial charge in [-0.2, -0.15) is 0 Å². The molecule has 3 rings (SSSR count). The number of rotatable bonds is 5. The Morgan fingerprint density at radius 3 is 2.92 bits per heavy atom. The summed E-state index contributed by atoms with van der Waals surface area (Å²) in [4.78, 5) is 12.0. The highest BCUT2D eigenvalue weighted by Gasteiger charge is 2.16. The Hall–Kier alpha value is -2.89. The molecule has 6 nitrogen and oxygen atoms in total. The Labute approximate surface area is 140 Å². The molecule has 0 unspecified atom stereocenters. The smallest absolute Gasteiger partial charge is 0.315 e. The van der Waals surface area contributed by atoms with E-state index in [0.717, 1.165) is 10.9 Å². The number of nitrogens with one attached hydrogen (secondary N) is 2. The van der Waals surface area contributed by atoms with Crippen molar-refractivity contribution in [3.05, 3.63) is 54.0 Å². The van der Waals surface area contributed by atoms with Gasteiger partial charge in [-0.1, -0.05) is 12.1 Å². The zero-order valence-corrected chi connectivity index (χ0v) is 14.0. The highest BCUT2D eigenvalue weighted by atomic mass is 16.5. The maximum atomic E-state index is 12.0. The number of aromatic nitrogens is 1. The molecular formula is C18H21N3O3. The molecule has 6 heteroatoms. The normalized spacial score (nSPS) is 12.1. The van der Waals surface area contributed by atoms with Gasteiger partial charge in [0.15, 0.2) is 11.3 Å². The molecule has 1 aromatic carbocycles. The number of hydrogen-bond donors (Lipinski definition) is 2. The van der Waals surface area contributed by atoms with Gasteiger partial charge in [-0.05, 0) is 30.7 Å². The van der Waals surface area contributed by atoms with Crippen LogP contribution in [0.4, 0.5) is 4.79 Å². The van der Waals surface area contributed by atoms with Gasteiger partial charge in [0, 0.05) is 31.4 Å². The van der Waals surface area contributed by atoms with Crippen molar-refractivity contribution in [2.24, 2.45) is 7.05 Å². The van der Waals surface area contributed by atoms with Gasteiger partial charge >= 0.3 is 6.03 Å². The van der Waals surface area contributed by atoms with Crippen molar-refractivity contribution in [1.82, 2.24) is 15.2 Å². The minimum Gasteiger partial charge on any atom is -0.493 e. The molecule has 2 heterocycles. The van der Waals surface area contributed by atoms with Crippen LogP contribution in [0.1, 0.15) is 24.3 Å². The average Bonchev–Trinajstić information content (AvgIpc) is 3.18. The molecule has 2 N–H and O–H groups in total. The first kappa shape index (κ1) is 16.0. The molecule has 0 aliphatic carbocycles. The fourth-order valence-electron chi connectivity index (χ4n) is 2.60. The number of carbonyl (C=O) groups is 1. The van der Waals surface area contributed by atoms with Crippen LogP contribution in [-0.2, 0) is 13.6 Å². The standard InChI is InChI=1S/C18H21N3O3/c1-12(20-18(22)19-10-13-7-8-21(2)11-13)16-9-14-5-4-6-15(23-3)17(14)24-16/h4-9,11-12H,10H2,1-3H3,(H2,19,20,22)/t12-/m1/s1. The zero-order valence-electron chi connectivity index (χ0n) is 14.0. The third-order valence-electron chi connectivity index (χ3n) is 3.87. The minimum absolute atomic E-state index is 0.237. The van der Waals surface area contributed by atoms with Crippen molar-refractivity contribution < 1.29 is 13.9 Å². The van der Waals surface area contributed by atoms with Gasteiger partial charge in [0.1, 0.15) is 5.76 Å². The predicted octanol–water partition coefficient (Wildman–Crippen LogP) is 3.34. The van der Waals surface area contributed by atoms with Crippen LogP contribution in [-0.4, -0.2) is 17.7 Å². The zero-order chi connectivity index (χ0) is 17.1. The van der Waals surface area contributed by atoms with E-state index in [4.69, 9.17) is 9.15 Å². The fraction of sp³-hybridized carbons (Fsp3) is 0.278. The van der Waals surface area contributed by atoms with Crippen LogP contribution >= 0.6 is 0 Å². The van der Waals surface area contributed by atoms with Gasteiger partial charge in [-0.15, -0.1) is 0 Å². The van der Waals surface area contributed by atoms with E-state index >= 15 is 0 Å².